The summed E-state index contributed by atoms with van der Waals surface area (Å²) in [6, 6.07) is 5.76. The molecule has 0 radical (unpaired) electrons. The number of ether oxygens (including phenoxy) is 1. The summed E-state index contributed by atoms with van der Waals surface area (Å²) < 4.78 is 25.7. The predicted molar refractivity (Wildman–Crippen MR) is 131 cm³/mol. The SMILES string of the molecule is CC(C)c1noc(N2CCC([C@H]3C[C@H]3CCOc3ccc(CCC(=O)N4CCC4)cc3F)CC2)n1. The van der Waals surface area contributed by atoms with E-state index >= 15 is 0 Å². The van der Waals surface area contributed by atoms with Crippen molar-refractivity contribution in [2.75, 3.05) is 37.7 Å². The first-order valence-electron chi connectivity index (χ1n) is 13.3. The summed E-state index contributed by atoms with van der Waals surface area (Å²) in [6.07, 6.45) is 6.62. The van der Waals surface area contributed by atoms with E-state index in [0.717, 1.165) is 75.1 Å². The fraction of sp³-hybridized carbons (Fsp3) is 0.667. The molecule has 5 rings (SSSR count). The number of likely N-dealkylation sites (tertiary alicyclic amines) is 1. The van der Waals surface area contributed by atoms with Crippen molar-refractivity contribution in [1.29, 1.82) is 0 Å². The Hall–Kier alpha value is -2.64. The average Bonchev–Trinajstić information content (AvgIpc) is 3.40. The lowest BCUT2D eigenvalue weighted by Crippen LogP contribution is -2.42. The molecular weight excluding hydrogens is 447 g/mol. The normalized spacial score (nSPS) is 22.4. The fourth-order valence-electron chi connectivity index (χ4n) is 5.40. The van der Waals surface area contributed by atoms with Gasteiger partial charge in [-0.1, -0.05) is 25.1 Å². The molecule has 0 N–H and O–H groups in total. The highest BCUT2D eigenvalue weighted by atomic mass is 19.1. The first-order valence-corrected chi connectivity index (χ1v) is 13.3. The number of hydrogen-bond donors (Lipinski definition) is 0. The minimum Gasteiger partial charge on any atom is -0.491 e. The maximum absolute atomic E-state index is 14.5. The van der Waals surface area contributed by atoms with Gasteiger partial charge in [0.25, 0.3) is 0 Å². The van der Waals surface area contributed by atoms with E-state index in [2.05, 4.69) is 28.9 Å². The third kappa shape index (κ3) is 5.78. The van der Waals surface area contributed by atoms with Gasteiger partial charge in [-0.25, -0.2) is 4.39 Å². The third-order valence-corrected chi connectivity index (χ3v) is 7.92. The zero-order chi connectivity index (χ0) is 24.4. The van der Waals surface area contributed by atoms with Gasteiger partial charge in [-0.3, -0.25) is 4.79 Å². The zero-order valence-electron chi connectivity index (χ0n) is 20.9. The molecule has 1 aliphatic carbocycles. The van der Waals surface area contributed by atoms with Crippen molar-refractivity contribution in [3.8, 4) is 5.75 Å². The molecule has 7 nitrogen and oxygen atoms in total. The number of nitrogens with zero attached hydrogens (tertiary/aromatic N) is 4. The van der Waals surface area contributed by atoms with Crippen molar-refractivity contribution in [3.05, 3.63) is 35.4 Å². The highest BCUT2D eigenvalue weighted by Gasteiger charge is 2.43. The summed E-state index contributed by atoms with van der Waals surface area (Å²) in [5, 5.41) is 4.08. The monoisotopic (exact) mass is 484 g/mol. The van der Waals surface area contributed by atoms with E-state index in [1.807, 2.05) is 11.0 Å². The quantitative estimate of drug-likeness (QED) is 0.482. The summed E-state index contributed by atoms with van der Waals surface area (Å²) in [7, 11) is 0. The Morgan fingerprint density at radius 1 is 1.23 bits per heavy atom. The number of rotatable bonds is 10. The van der Waals surface area contributed by atoms with Gasteiger partial charge in [-0.15, -0.1) is 0 Å². The number of halogens is 1. The molecule has 8 heteroatoms. The van der Waals surface area contributed by atoms with E-state index in [0.29, 0.717) is 37.1 Å². The summed E-state index contributed by atoms with van der Waals surface area (Å²) in [6.45, 7) is 8.34. The minimum absolute atomic E-state index is 0.163. The van der Waals surface area contributed by atoms with Gasteiger partial charge >= 0.3 is 6.01 Å². The first kappa shape index (κ1) is 24.1. The molecule has 0 bridgehead atoms. The van der Waals surface area contributed by atoms with Crippen LogP contribution in [0.5, 0.6) is 5.75 Å². The Morgan fingerprint density at radius 2 is 2.03 bits per heavy atom. The zero-order valence-corrected chi connectivity index (χ0v) is 20.9. The molecule has 0 spiro atoms. The number of hydrogen-bond acceptors (Lipinski definition) is 6. The molecule has 1 amide bonds. The van der Waals surface area contributed by atoms with Crippen LogP contribution in [0, 0.1) is 23.6 Å². The van der Waals surface area contributed by atoms with Gasteiger partial charge in [-0.2, -0.15) is 4.98 Å². The van der Waals surface area contributed by atoms with Crippen LogP contribution in [0.3, 0.4) is 0 Å². The van der Waals surface area contributed by atoms with Crippen LogP contribution in [0.4, 0.5) is 10.4 Å². The van der Waals surface area contributed by atoms with E-state index in [4.69, 9.17) is 9.26 Å². The smallest absolute Gasteiger partial charge is 0.324 e. The molecule has 2 aliphatic heterocycles. The van der Waals surface area contributed by atoms with Gasteiger partial charge in [0.05, 0.1) is 6.61 Å². The number of benzene rings is 1. The largest absolute Gasteiger partial charge is 0.491 e. The molecule has 35 heavy (non-hydrogen) atoms. The van der Waals surface area contributed by atoms with Crippen molar-refractivity contribution in [2.45, 2.75) is 64.7 Å². The summed E-state index contributed by atoms with van der Waals surface area (Å²) in [5.41, 5.74) is 0.846. The van der Waals surface area contributed by atoms with Gasteiger partial charge in [0.15, 0.2) is 17.4 Å². The van der Waals surface area contributed by atoms with Crippen molar-refractivity contribution in [3.63, 3.8) is 0 Å². The number of aromatic nitrogens is 2. The number of carbonyl (C=O) groups is 1. The molecule has 3 aliphatic rings. The van der Waals surface area contributed by atoms with Crippen molar-refractivity contribution < 1.29 is 18.4 Å². The maximum Gasteiger partial charge on any atom is 0.324 e. The van der Waals surface area contributed by atoms with Crippen LogP contribution in [0.25, 0.3) is 0 Å². The topological polar surface area (TPSA) is 71.7 Å². The molecule has 3 fully saturated rings. The van der Waals surface area contributed by atoms with Gasteiger partial charge in [0.2, 0.25) is 5.91 Å². The van der Waals surface area contributed by atoms with Crippen molar-refractivity contribution in [2.24, 2.45) is 17.8 Å². The van der Waals surface area contributed by atoms with Crippen molar-refractivity contribution >= 4 is 11.9 Å². The summed E-state index contributed by atoms with van der Waals surface area (Å²) in [4.78, 5) is 20.6. The summed E-state index contributed by atoms with van der Waals surface area (Å²) in [5.74, 6) is 3.36. The summed E-state index contributed by atoms with van der Waals surface area (Å²) >= 11 is 0. The van der Waals surface area contributed by atoms with Gasteiger partial charge in [0, 0.05) is 38.5 Å². The van der Waals surface area contributed by atoms with Gasteiger partial charge in [-0.05, 0) is 74.0 Å². The lowest BCUT2D eigenvalue weighted by molar-refractivity contribution is -0.134. The minimum atomic E-state index is -0.333. The van der Waals surface area contributed by atoms with Crippen LogP contribution in [0.1, 0.15) is 69.7 Å². The molecule has 3 heterocycles. The number of amides is 1. The number of carbonyl (C=O) groups excluding carboxylic acids is 1. The Morgan fingerprint density at radius 3 is 2.69 bits per heavy atom. The standard InChI is InChI=1S/C27H37FN4O3/c1-18(2)26-29-27(35-30-26)32-13-8-20(9-14-32)22-17-21(22)10-15-34-24-6-4-19(16-23(24)28)5-7-25(33)31-11-3-12-31/h4,6,16,18,20-22H,3,5,7-15,17H2,1-2H3/t21-,22-/m1/s1. The van der Waals surface area contributed by atoms with Crippen LogP contribution >= 0.6 is 0 Å². The van der Waals surface area contributed by atoms with Crippen LogP contribution in [0.15, 0.2) is 22.7 Å². The molecule has 2 atom stereocenters. The molecule has 2 aromatic rings. The van der Waals surface area contributed by atoms with E-state index < -0.39 is 0 Å². The van der Waals surface area contributed by atoms with E-state index in [-0.39, 0.29) is 17.6 Å². The Balaban J connectivity index is 1.00. The fourth-order valence-corrected chi connectivity index (χ4v) is 5.40. The van der Waals surface area contributed by atoms with E-state index in [9.17, 15) is 9.18 Å². The van der Waals surface area contributed by atoms with Crippen LogP contribution in [-0.4, -0.2) is 53.7 Å². The second-order valence-electron chi connectivity index (χ2n) is 10.7. The lowest BCUT2D eigenvalue weighted by atomic mass is 9.90. The predicted octanol–water partition coefficient (Wildman–Crippen LogP) is 4.82. The number of piperidine rings is 1. The molecule has 2 saturated heterocycles. The molecule has 190 valence electrons. The third-order valence-electron chi connectivity index (χ3n) is 7.92. The van der Waals surface area contributed by atoms with Crippen LogP contribution in [0.2, 0.25) is 0 Å². The molecule has 1 saturated carbocycles. The van der Waals surface area contributed by atoms with E-state index in [1.54, 1.807) is 6.07 Å². The average molecular weight is 485 g/mol. The Kier molecular flexibility index (Phi) is 7.25. The first-order chi connectivity index (χ1) is 17.0. The molecule has 0 unspecified atom stereocenters. The molecule has 1 aromatic carbocycles. The van der Waals surface area contributed by atoms with Crippen LogP contribution < -0.4 is 9.64 Å². The number of aryl methyl sites for hydroxylation is 1. The Labute approximate surface area is 207 Å². The maximum atomic E-state index is 14.5. The second-order valence-corrected chi connectivity index (χ2v) is 10.7. The van der Waals surface area contributed by atoms with Crippen LogP contribution in [-0.2, 0) is 11.2 Å². The van der Waals surface area contributed by atoms with E-state index in [1.165, 1.54) is 12.5 Å². The van der Waals surface area contributed by atoms with Gasteiger partial charge < -0.3 is 19.1 Å². The van der Waals surface area contributed by atoms with Gasteiger partial charge in [0.1, 0.15) is 0 Å². The second kappa shape index (κ2) is 10.5. The lowest BCUT2D eigenvalue weighted by Gasteiger charge is -2.30. The Bertz CT molecular complexity index is 1010. The number of anilines is 1. The van der Waals surface area contributed by atoms with Crippen molar-refractivity contribution in [1.82, 2.24) is 15.0 Å². The highest BCUT2D eigenvalue weighted by molar-refractivity contribution is 5.77. The molecular formula is C27H37FN4O3. The molecule has 1 aromatic heterocycles. The highest BCUT2D eigenvalue weighted by Crippen LogP contribution is 2.50.